The molecule has 0 amide bonds. The summed E-state index contributed by atoms with van der Waals surface area (Å²) in [5, 5.41) is 9.69. The highest BCUT2D eigenvalue weighted by atomic mass is 35.5. The zero-order valence-electron chi connectivity index (χ0n) is 15.6. The summed E-state index contributed by atoms with van der Waals surface area (Å²) >= 11 is 6.36. The van der Waals surface area contributed by atoms with Crippen LogP contribution in [0.2, 0.25) is 5.02 Å². The Kier molecular flexibility index (Phi) is 6.21. The molecule has 3 rings (SSSR count). The van der Waals surface area contributed by atoms with Gasteiger partial charge < -0.3 is 19.0 Å². The lowest BCUT2D eigenvalue weighted by Crippen LogP contribution is -2.00. The van der Waals surface area contributed by atoms with E-state index in [1.54, 1.807) is 30.3 Å². The van der Waals surface area contributed by atoms with Crippen LogP contribution in [-0.2, 0) is 4.79 Å². The number of oxazole rings is 1. The predicted octanol–water partition coefficient (Wildman–Crippen LogP) is 5.29. The van der Waals surface area contributed by atoms with Crippen molar-refractivity contribution in [1.29, 1.82) is 0 Å². The van der Waals surface area contributed by atoms with Crippen molar-refractivity contribution in [2.24, 2.45) is 0 Å². The Bertz CT molecular complexity index is 992. The van der Waals surface area contributed by atoms with Crippen molar-refractivity contribution in [3.05, 3.63) is 52.9 Å². The first-order valence-electron chi connectivity index (χ1n) is 8.80. The third kappa shape index (κ3) is 4.46. The summed E-state index contributed by atoms with van der Waals surface area (Å²) in [6.45, 7) is 2.51. The minimum Gasteiger partial charge on any atom is -0.493 e. The maximum atomic E-state index is 11.4. The Morgan fingerprint density at radius 2 is 2.11 bits per heavy atom. The Morgan fingerprint density at radius 1 is 1.32 bits per heavy atom. The molecule has 28 heavy (non-hydrogen) atoms. The number of methoxy groups -OCH3 is 1. The molecule has 1 aromatic heterocycles. The maximum absolute atomic E-state index is 11.4. The van der Waals surface area contributed by atoms with E-state index in [4.69, 9.17) is 25.5 Å². The van der Waals surface area contributed by atoms with E-state index in [0.717, 1.165) is 6.42 Å². The normalized spacial score (nSPS) is 11.6. The molecule has 0 unspecified atom stereocenters. The Hall–Kier alpha value is -2.99. The molecule has 0 aliphatic rings. The van der Waals surface area contributed by atoms with E-state index < -0.39 is 5.97 Å². The lowest BCUT2D eigenvalue weighted by atomic mass is 10.1. The number of carbonyl (C=O) groups is 1. The van der Waals surface area contributed by atoms with Gasteiger partial charge in [0.05, 0.1) is 25.2 Å². The first-order chi connectivity index (χ1) is 13.5. The standard InChI is InChI=1S/C21H20ClNO5/c1-3-8-27-20-15(22)10-13(11-18(20)26-2)9-14(12-19(24)25)21-23-16-6-4-5-7-17(16)28-21/h4-7,9-11H,3,8,12H2,1-2H3,(H,24,25)/b14-9+. The van der Waals surface area contributed by atoms with Gasteiger partial charge in [-0.1, -0.05) is 30.7 Å². The van der Waals surface area contributed by atoms with E-state index in [2.05, 4.69) is 4.98 Å². The first-order valence-corrected chi connectivity index (χ1v) is 9.18. The molecule has 7 heteroatoms. The van der Waals surface area contributed by atoms with Crippen LogP contribution in [0.3, 0.4) is 0 Å². The van der Waals surface area contributed by atoms with Gasteiger partial charge in [-0.05, 0) is 42.3 Å². The summed E-state index contributed by atoms with van der Waals surface area (Å²) in [7, 11) is 1.52. The lowest BCUT2D eigenvalue weighted by Gasteiger charge is -2.13. The summed E-state index contributed by atoms with van der Waals surface area (Å²) in [5.74, 6) is 0.198. The summed E-state index contributed by atoms with van der Waals surface area (Å²) in [6.07, 6.45) is 2.26. The van der Waals surface area contributed by atoms with Gasteiger partial charge in [0.15, 0.2) is 17.1 Å². The minimum absolute atomic E-state index is 0.249. The minimum atomic E-state index is -0.991. The van der Waals surface area contributed by atoms with Crippen molar-refractivity contribution in [2.45, 2.75) is 19.8 Å². The zero-order chi connectivity index (χ0) is 20.1. The molecule has 0 aliphatic heterocycles. The number of hydrogen-bond donors (Lipinski definition) is 1. The Balaban J connectivity index is 2.05. The molecule has 0 radical (unpaired) electrons. The SMILES string of the molecule is CCCOc1c(Cl)cc(/C=C(\CC(=O)O)c2nc3ccccc3o2)cc1OC. The second kappa shape index (κ2) is 8.80. The number of halogens is 1. The number of hydrogen-bond acceptors (Lipinski definition) is 5. The quantitative estimate of drug-likeness (QED) is 0.552. The van der Waals surface area contributed by atoms with Crippen LogP contribution in [0.5, 0.6) is 11.5 Å². The fourth-order valence-corrected chi connectivity index (χ4v) is 3.00. The van der Waals surface area contributed by atoms with Gasteiger partial charge in [-0.25, -0.2) is 4.98 Å². The number of nitrogens with zero attached hydrogens (tertiary/aromatic N) is 1. The number of para-hydroxylation sites is 2. The van der Waals surface area contributed by atoms with Crippen LogP contribution in [0.25, 0.3) is 22.7 Å². The summed E-state index contributed by atoms with van der Waals surface area (Å²) in [6, 6.07) is 10.7. The van der Waals surface area contributed by atoms with Crippen LogP contribution < -0.4 is 9.47 Å². The predicted molar refractivity (Wildman–Crippen MR) is 108 cm³/mol. The largest absolute Gasteiger partial charge is 0.493 e. The Morgan fingerprint density at radius 3 is 2.79 bits per heavy atom. The van der Waals surface area contributed by atoms with Gasteiger partial charge in [0.1, 0.15) is 5.52 Å². The van der Waals surface area contributed by atoms with Gasteiger partial charge >= 0.3 is 5.97 Å². The molecule has 0 aliphatic carbocycles. The number of carboxylic acid groups (broad SMARTS) is 1. The van der Waals surface area contributed by atoms with Crippen molar-refractivity contribution in [3.8, 4) is 11.5 Å². The third-order valence-electron chi connectivity index (χ3n) is 3.95. The first kappa shape index (κ1) is 19.8. The van der Waals surface area contributed by atoms with E-state index >= 15 is 0 Å². The van der Waals surface area contributed by atoms with E-state index in [1.165, 1.54) is 7.11 Å². The van der Waals surface area contributed by atoms with Crippen molar-refractivity contribution in [1.82, 2.24) is 4.98 Å². The molecule has 146 valence electrons. The van der Waals surface area contributed by atoms with Crippen LogP contribution in [0.15, 0.2) is 40.8 Å². The molecule has 0 atom stereocenters. The van der Waals surface area contributed by atoms with E-state index in [9.17, 15) is 9.90 Å². The molecule has 0 saturated carbocycles. The molecule has 0 bridgehead atoms. The summed E-state index contributed by atoms with van der Waals surface area (Å²) in [5.41, 5.74) is 2.33. The molecular formula is C21H20ClNO5. The highest BCUT2D eigenvalue weighted by Crippen LogP contribution is 2.38. The smallest absolute Gasteiger partial charge is 0.308 e. The van der Waals surface area contributed by atoms with Crippen LogP contribution in [0.4, 0.5) is 0 Å². The molecule has 1 heterocycles. The zero-order valence-corrected chi connectivity index (χ0v) is 16.3. The highest BCUT2D eigenvalue weighted by molar-refractivity contribution is 6.32. The van der Waals surface area contributed by atoms with Gasteiger partial charge in [-0.3, -0.25) is 4.79 Å². The fraction of sp³-hybridized carbons (Fsp3) is 0.238. The Labute approximate surface area is 167 Å². The van der Waals surface area contributed by atoms with Crippen molar-refractivity contribution < 1.29 is 23.8 Å². The van der Waals surface area contributed by atoms with E-state index in [0.29, 0.717) is 45.4 Å². The van der Waals surface area contributed by atoms with Crippen molar-refractivity contribution >= 4 is 40.3 Å². The number of benzene rings is 2. The molecule has 2 aromatic carbocycles. The summed E-state index contributed by atoms with van der Waals surface area (Å²) < 4.78 is 16.8. The average Bonchev–Trinajstić information content (AvgIpc) is 3.10. The number of rotatable bonds is 8. The molecule has 1 N–H and O–H groups in total. The van der Waals surface area contributed by atoms with Crippen molar-refractivity contribution in [3.63, 3.8) is 0 Å². The highest BCUT2D eigenvalue weighted by Gasteiger charge is 2.16. The molecule has 0 fully saturated rings. The average molecular weight is 402 g/mol. The van der Waals surface area contributed by atoms with Gasteiger partial charge in [-0.2, -0.15) is 0 Å². The van der Waals surface area contributed by atoms with Crippen LogP contribution >= 0.6 is 11.6 Å². The molecular weight excluding hydrogens is 382 g/mol. The monoisotopic (exact) mass is 401 g/mol. The third-order valence-corrected chi connectivity index (χ3v) is 4.23. The van der Waals surface area contributed by atoms with E-state index in [1.807, 2.05) is 19.1 Å². The second-order valence-electron chi connectivity index (χ2n) is 6.11. The number of carboxylic acids is 1. The number of ether oxygens (including phenoxy) is 2. The molecule has 6 nitrogen and oxygen atoms in total. The van der Waals surface area contributed by atoms with Crippen LogP contribution in [0.1, 0.15) is 31.2 Å². The maximum Gasteiger partial charge on any atom is 0.308 e. The van der Waals surface area contributed by atoms with Gasteiger partial charge in [0.25, 0.3) is 0 Å². The van der Waals surface area contributed by atoms with Gasteiger partial charge in [0.2, 0.25) is 5.89 Å². The number of aliphatic carboxylic acids is 1. The number of fused-ring (bicyclic) bond motifs is 1. The van der Waals surface area contributed by atoms with Crippen LogP contribution in [-0.4, -0.2) is 29.8 Å². The second-order valence-corrected chi connectivity index (χ2v) is 6.52. The van der Waals surface area contributed by atoms with Crippen molar-refractivity contribution in [2.75, 3.05) is 13.7 Å². The topological polar surface area (TPSA) is 81.8 Å². The van der Waals surface area contributed by atoms with E-state index in [-0.39, 0.29) is 12.3 Å². The van der Waals surface area contributed by atoms with Gasteiger partial charge in [0, 0.05) is 5.57 Å². The van der Waals surface area contributed by atoms with Crippen LogP contribution in [0, 0.1) is 0 Å². The molecule has 0 spiro atoms. The summed E-state index contributed by atoms with van der Waals surface area (Å²) in [4.78, 5) is 15.8. The van der Waals surface area contributed by atoms with Gasteiger partial charge in [-0.15, -0.1) is 0 Å². The molecule has 0 saturated heterocycles. The molecule has 3 aromatic rings. The lowest BCUT2D eigenvalue weighted by molar-refractivity contribution is -0.135. The fourth-order valence-electron chi connectivity index (χ4n) is 2.73. The number of aromatic nitrogens is 1.